The van der Waals surface area contributed by atoms with Gasteiger partial charge < -0.3 is 14.6 Å². The van der Waals surface area contributed by atoms with Crippen LogP contribution in [0.4, 0.5) is 0 Å². The van der Waals surface area contributed by atoms with Gasteiger partial charge in [-0.25, -0.2) is 4.79 Å². The number of rotatable bonds is 2. The van der Waals surface area contributed by atoms with Gasteiger partial charge in [0.15, 0.2) is 0 Å². The maximum Gasteiger partial charge on any atom is 0.340 e. The van der Waals surface area contributed by atoms with E-state index >= 15 is 0 Å². The largest absolute Gasteiger partial charge is 0.459 e. The van der Waals surface area contributed by atoms with Crippen LogP contribution in [0.5, 0.6) is 0 Å². The van der Waals surface area contributed by atoms with Crippen molar-refractivity contribution >= 4 is 16.9 Å². The van der Waals surface area contributed by atoms with Gasteiger partial charge in [-0.3, -0.25) is 0 Å². The first kappa shape index (κ1) is 9.26. The second-order valence-corrected chi connectivity index (χ2v) is 5.97. The van der Waals surface area contributed by atoms with Crippen LogP contribution in [0.3, 0.4) is 0 Å². The van der Waals surface area contributed by atoms with Crippen LogP contribution in [0.2, 0.25) is 0 Å². The van der Waals surface area contributed by atoms with E-state index in [4.69, 9.17) is 10.2 Å². The third-order valence-electron chi connectivity index (χ3n) is 4.71. The van der Waals surface area contributed by atoms with Gasteiger partial charge in [-0.05, 0) is 25.9 Å². The zero-order valence-electron chi connectivity index (χ0n) is 15.6. The van der Waals surface area contributed by atoms with Crippen LogP contribution in [0.25, 0.3) is 10.9 Å². The molecule has 2 aromatic rings. The molecule has 4 rings (SSSR count). The normalized spacial score (nSPS) is 32.3. The summed E-state index contributed by atoms with van der Waals surface area (Å²) in [6.45, 7) is -2.08. The summed E-state index contributed by atoms with van der Waals surface area (Å²) in [5.41, 5.74) is 1.19. The van der Waals surface area contributed by atoms with E-state index in [0.29, 0.717) is 24.4 Å². The third-order valence-corrected chi connectivity index (χ3v) is 4.71. The van der Waals surface area contributed by atoms with Crippen LogP contribution in [-0.4, -0.2) is 41.0 Å². The predicted molar refractivity (Wildman–Crippen MR) is 81.3 cm³/mol. The highest BCUT2D eigenvalue weighted by Crippen LogP contribution is 2.35. The predicted octanol–water partition coefficient (Wildman–Crippen LogP) is 2.95. The standard InChI is InChI=1S/C17H20N2O2/c1-19-11-6-7-12(19)9-13(8-11)21-17(20)15-10-18-16-5-3-2-4-14(15)16/h2-5,10-13,18H,6-9H2,1H3/t11-,12+,13?/i1D3,3D. The number of aromatic nitrogens is 1. The Morgan fingerprint density at radius 2 is 2.24 bits per heavy atom. The van der Waals surface area contributed by atoms with E-state index < -0.39 is 12.9 Å². The first-order valence-corrected chi connectivity index (χ1v) is 7.40. The lowest BCUT2D eigenvalue weighted by Crippen LogP contribution is -2.43. The van der Waals surface area contributed by atoms with Crippen molar-refractivity contribution in [1.29, 1.82) is 0 Å². The second-order valence-electron chi connectivity index (χ2n) is 5.97. The lowest BCUT2D eigenvalue weighted by molar-refractivity contribution is -0.000258. The molecular weight excluding hydrogens is 264 g/mol. The zero-order chi connectivity index (χ0) is 17.8. The highest BCUT2D eigenvalue weighted by Gasteiger charge is 2.40. The number of fused-ring (bicyclic) bond motifs is 3. The zero-order valence-corrected chi connectivity index (χ0v) is 11.6. The SMILES string of the molecule is [2H]c1ccc2c(C(=O)OC3C[C@H]4CC[C@@H](C3)N4C([2H])([2H])[2H])c[nH]c2c1. The third kappa shape index (κ3) is 2.14. The van der Waals surface area contributed by atoms with Gasteiger partial charge in [-0.15, -0.1) is 0 Å². The number of esters is 1. The molecule has 2 fully saturated rings. The van der Waals surface area contributed by atoms with E-state index in [1.54, 1.807) is 29.3 Å². The summed E-state index contributed by atoms with van der Waals surface area (Å²) in [5.74, 6) is -0.393. The Morgan fingerprint density at radius 1 is 1.43 bits per heavy atom. The number of hydrogen-bond donors (Lipinski definition) is 1. The summed E-state index contributed by atoms with van der Waals surface area (Å²) in [7, 11) is 0. The Morgan fingerprint density at radius 3 is 3.00 bits per heavy atom. The number of H-pyrrole nitrogens is 1. The molecule has 0 radical (unpaired) electrons. The Bertz CT molecular complexity index is 803. The number of aromatic amines is 1. The fraction of sp³-hybridized carbons (Fsp3) is 0.471. The van der Waals surface area contributed by atoms with Crippen LogP contribution in [0, 0.1) is 0 Å². The Kier molecular flexibility index (Phi) is 2.15. The molecule has 4 nitrogen and oxygen atoms in total. The minimum atomic E-state index is -2.08. The average molecular weight is 288 g/mol. The quantitative estimate of drug-likeness (QED) is 0.864. The Balaban J connectivity index is 1.49. The topological polar surface area (TPSA) is 45.3 Å². The van der Waals surface area contributed by atoms with Crippen LogP contribution < -0.4 is 0 Å². The first-order chi connectivity index (χ1) is 11.8. The maximum absolute atomic E-state index is 12.6. The molecule has 2 saturated heterocycles. The summed E-state index contributed by atoms with van der Waals surface area (Å²) in [6, 6.07) is 5.34. The molecule has 21 heavy (non-hydrogen) atoms. The van der Waals surface area contributed by atoms with Gasteiger partial charge in [0.25, 0.3) is 0 Å². The van der Waals surface area contributed by atoms with Gasteiger partial charge in [0.2, 0.25) is 0 Å². The lowest BCUT2D eigenvalue weighted by atomic mass is 10.0. The highest BCUT2D eigenvalue weighted by molar-refractivity contribution is 6.04. The number of hydrogen-bond acceptors (Lipinski definition) is 3. The van der Waals surface area contributed by atoms with Crippen molar-refractivity contribution in [1.82, 2.24) is 9.88 Å². The summed E-state index contributed by atoms with van der Waals surface area (Å²) >= 11 is 0. The fourth-order valence-corrected chi connectivity index (χ4v) is 3.62. The second kappa shape index (κ2) is 4.88. The van der Waals surface area contributed by atoms with Crippen molar-refractivity contribution in [3.05, 3.63) is 36.0 Å². The monoisotopic (exact) mass is 288 g/mol. The van der Waals surface area contributed by atoms with E-state index in [1.165, 1.54) is 0 Å². The number of benzene rings is 1. The van der Waals surface area contributed by atoms with Crippen LogP contribution in [0.1, 0.15) is 41.5 Å². The van der Waals surface area contributed by atoms with Gasteiger partial charge in [0, 0.05) is 46.1 Å². The van der Waals surface area contributed by atoms with E-state index in [1.807, 2.05) is 0 Å². The van der Waals surface area contributed by atoms with Gasteiger partial charge in [-0.1, -0.05) is 18.2 Å². The minimum Gasteiger partial charge on any atom is -0.459 e. The van der Waals surface area contributed by atoms with Crippen molar-refractivity contribution in [3.63, 3.8) is 0 Å². The molecule has 1 aromatic carbocycles. The van der Waals surface area contributed by atoms with Crippen molar-refractivity contribution in [2.45, 2.75) is 43.9 Å². The van der Waals surface area contributed by atoms with Gasteiger partial charge in [-0.2, -0.15) is 0 Å². The number of nitrogens with one attached hydrogen (secondary N) is 1. The molecule has 2 aliphatic heterocycles. The van der Waals surface area contributed by atoms with Crippen molar-refractivity contribution in [3.8, 4) is 0 Å². The first-order valence-electron chi connectivity index (χ1n) is 9.40. The summed E-state index contributed by atoms with van der Waals surface area (Å²) < 4.78 is 36.4. The smallest absolute Gasteiger partial charge is 0.340 e. The van der Waals surface area contributed by atoms with E-state index in [0.717, 1.165) is 23.7 Å². The molecule has 3 atom stereocenters. The summed E-state index contributed by atoms with van der Waals surface area (Å²) in [4.78, 5) is 17.2. The van der Waals surface area contributed by atoms with Crippen LogP contribution >= 0.6 is 0 Å². The number of nitrogens with zero attached hydrogens (tertiary/aromatic N) is 1. The molecule has 1 N–H and O–H groups in total. The Hall–Kier alpha value is -1.81. The number of piperidine rings is 1. The molecule has 2 bridgehead atoms. The molecule has 0 spiro atoms. The Labute approximate surface area is 129 Å². The average Bonchev–Trinajstić information content (AvgIpc) is 3.06. The van der Waals surface area contributed by atoms with Crippen molar-refractivity contribution in [2.24, 2.45) is 0 Å². The molecular formula is C17H20N2O2. The van der Waals surface area contributed by atoms with Crippen LogP contribution in [-0.2, 0) is 4.74 Å². The summed E-state index contributed by atoms with van der Waals surface area (Å²) in [6.07, 6.45) is 4.19. The van der Waals surface area contributed by atoms with E-state index in [-0.39, 0.29) is 18.2 Å². The van der Waals surface area contributed by atoms with Gasteiger partial charge >= 0.3 is 5.97 Å². The molecule has 1 unspecified atom stereocenters. The number of carbonyl (C=O) groups is 1. The minimum absolute atomic E-state index is 0.0436. The highest BCUT2D eigenvalue weighted by atomic mass is 16.5. The molecule has 0 saturated carbocycles. The van der Waals surface area contributed by atoms with Crippen molar-refractivity contribution in [2.75, 3.05) is 6.98 Å². The van der Waals surface area contributed by atoms with Gasteiger partial charge in [0.1, 0.15) is 6.10 Å². The summed E-state index contributed by atoms with van der Waals surface area (Å²) in [5, 5.41) is 0.740. The lowest BCUT2D eigenvalue weighted by Gasteiger charge is -2.35. The van der Waals surface area contributed by atoms with Gasteiger partial charge in [0.05, 0.1) is 6.93 Å². The molecule has 2 aliphatic rings. The number of carbonyl (C=O) groups excluding carboxylic acids is 1. The van der Waals surface area contributed by atoms with Crippen molar-refractivity contribution < 1.29 is 15.0 Å². The maximum atomic E-state index is 12.6. The molecule has 3 heterocycles. The molecule has 4 heteroatoms. The molecule has 1 aromatic heterocycles. The van der Waals surface area contributed by atoms with Crippen LogP contribution in [0.15, 0.2) is 30.4 Å². The molecule has 110 valence electrons. The number of para-hydroxylation sites is 1. The fourth-order valence-electron chi connectivity index (χ4n) is 3.62. The van der Waals surface area contributed by atoms with E-state index in [2.05, 4.69) is 4.98 Å². The molecule has 0 aliphatic carbocycles. The van der Waals surface area contributed by atoms with E-state index in [9.17, 15) is 4.79 Å². The molecule has 0 amide bonds. The number of ether oxygens (including phenoxy) is 1.